The molecule has 0 spiro atoms. The summed E-state index contributed by atoms with van der Waals surface area (Å²) < 4.78 is 0. The molecule has 0 saturated carbocycles. The number of allylic oxidation sites excluding steroid dienone is 3. The van der Waals surface area contributed by atoms with Crippen LogP contribution in [-0.4, -0.2) is 7.05 Å². The van der Waals surface area contributed by atoms with Crippen LogP contribution >= 0.6 is 0 Å². The number of nitriles is 1. The average Bonchev–Trinajstić information content (AvgIpc) is 2.81. The van der Waals surface area contributed by atoms with Crippen LogP contribution in [-0.2, 0) is 0 Å². The molecule has 0 heterocycles. The number of anilines is 4. The van der Waals surface area contributed by atoms with Crippen molar-refractivity contribution >= 4 is 22.7 Å². The lowest BCUT2D eigenvalue weighted by molar-refractivity contribution is 0.818. The van der Waals surface area contributed by atoms with Crippen molar-refractivity contribution in [3.8, 4) is 6.07 Å². The van der Waals surface area contributed by atoms with Gasteiger partial charge in [0, 0.05) is 35.5 Å². The molecule has 0 N–H and O–H groups in total. The van der Waals surface area contributed by atoms with Crippen molar-refractivity contribution in [2.75, 3.05) is 16.8 Å². The van der Waals surface area contributed by atoms with Gasteiger partial charge in [-0.3, -0.25) is 0 Å². The minimum absolute atomic E-state index is 0.0524. The summed E-state index contributed by atoms with van der Waals surface area (Å²) >= 11 is 0. The molecule has 0 aromatic heterocycles. The molecule has 0 amide bonds. The second-order valence-corrected chi connectivity index (χ2v) is 7.05. The van der Waals surface area contributed by atoms with E-state index >= 15 is 0 Å². The fourth-order valence-electron chi connectivity index (χ4n) is 3.55. The van der Waals surface area contributed by atoms with E-state index in [2.05, 4.69) is 101 Å². The van der Waals surface area contributed by atoms with Crippen molar-refractivity contribution in [1.82, 2.24) is 0 Å². The monoisotopic (exact) mass is 377 g/mol. The van der Waals surface area contributed by atoms with Gasteiger partial charge in [-0.1, -0.05) is 42.5 Å². The predicted octanol–water partition coefficient (Wildman–Crippen LogP) is 6.58. The topological polar surface area (TPSA) is 30.3 Å². The largest absolute Gasteiger partial charge is 0.345 e. The molecular formula is C26H23N3. The fraction of sp³-hybridized carbons (Fsp3) is 0.115. The molecule has 1 aliphatic carbocycles. The molecule has 0 fully saturated rings. The molecule has 1 atom stereocenters. The SMILES string of the molecule is CN(C1=CC(C#N)CC=C1)c1ccc(N(c2ccccc2)c2ccccc2)cc1. The van der Waals surface area contributed by atoms with Crippen LogP contribution in [0, 0.1) is 17.2 Å². The number of para-hydroxylation sites is 2. The highest BCUT2D eigenvalue weighted by Gasteiger charge is 2.14. The summed E-state index contributed by atoms with van der Waals surface area (Å²) in [7, 11) is 2.04. The van der Waals surface area contributed by atoms with Crippen molar-refractivity contribution in [3.63, 3.8) is 0 Å². The number of likely N-dealkylation sites (N-methyl/N-ethyl adjacent to an activating group) is 1. The van der Waals surface area contributed by atoms with Crippen LogP contribution in [0.2, 0.25) is 0 Å². The van der Waals surface area contributed by atoms with Gasteiger partial charge in [0.2, 0.25) is 0 Å². The van der Waals surface area contributed by atoms with E-state index in [1.165, 1.54) is 0 Å². The number of hydrogen-bond donors (Lipinski definition) is 0. The smallest absolute Gasteiger partial charge is 0.0701 e. The number of nitrogens with zero attached hydrogens (tertiary/aromatic N) is 3. The Morgan fingerprint density at radius 1 is 0.759 bits per heavy atom. The van der Waals surface area contributed by atoms with Gasteiger partial charge in [-0.15, -0.1) is 0 Å². The van der Waals surface area contributed by atoms with Crippen molar-refractivity contribution < 1.29 is 0 Å². The maximum absolute atomic E-state index is 9.22. The van der Waals surface area contributed by atoms with Crippen LogP contribution in [0.5, 0.6) is 0 Å². The van der Waals surface area contributed by atoms with Crippen molar-refractivity contribution in [2.24, 2.45) is 5.92 Å². The second kappa shape index (κ2) is 8.50. The van der Waals surface area contributed by atoms with Crippen molar-refractivity contribution in [1.29, 1.82) is 5.26 Å². The highest BCUT2D eigenvalue weighted by molar-refractivity contribution is 5.77. The maximum Gasteiger partial charge on any atom is 0.0701 e. The molecule has 29 heavy (non-hydrogen) atoms. The first-order valence-corrected chi connectivity index (χ1v) is 9.78. The molecule has 0 aliphatic heterocycles. The summed E-state index contributed by atoms with van der Waals surface area (Å²) in [5.41, 5.74) is 5.48. The zero-order chi connectivity index (χ0) is 20.1. The third kappa shape index (κ3) is 4.07. The van der Waals surface area contributed by atoms with Gasteiger partial charge in [-0.25, -0.2) is 0 Å². The van der Waals surface area contributed by atoms with Crippen LogP contribution in [0.1, 0.15) is 6.42 Å². The third-order valence-corrected chi connectivity index (χ3v) is 5.13. The molecule has 3 heteroatoms. The van der Waals surface area contributed by atoms with Gasteiger partial charge in [0.05, 0.1) is 12.0 Å². The highest BCUT2D eigenvalue weighted by atomic mass is 15.1. The van der Waals surface area contributed by atoms with Gasteiger partial charge in [0.1, 0.15) is 0 Å². The summed E-state index contributed by atoms with van der Waals surface area (Å²) in [6.07, 6.45) is 6.98. The van der Waals surface area contributed by atoms with Gasteiger partial charge in [-0.2, -0.15) is 5.26 Å². The Morgan fingerprint density at radius 3 is 1.83 bits per heavy atom. The zero-order valence-electron chi connectivity index (χ0n) is 16.4. The minimum atomic E-state index is -0.0524. The first-order valence-electron chi connectivity index (χ1n) is 9.78. The lowest BCUT2D eigenvalue weighted by atomic mass is 10.00. The standard InChI is InChI=1S/C26H23N3/c1-28(26-14-8-9-21(19-26)20-27)22-15-17-25(18-16-22)29(23-10-4-2-5-11-23)24-12-6-3-7-13-24/h2-8,10-19,21H,9H2,1H3. The van der Waals surface area contributed by atoms with E-state index < -0.39 is 0 Å². The summed E-state index contributed by atoms with van der Waals surface area (Å²) in [4.78, 5) is 4.37. The molecule has 4 rings (SSSR count). The minimum Gasteiger partial charge on any atom is -0.345 e. The Kier molecular flexibility index (Phi) is 5.45. The molecule has 1 aliphatic rings. The van der Waals surface area contributed by atoms with Crippen LogP contribution < -0.4 is 9.80 Å². The highest BCUT2D eigenvalue weighted by Crippen LogP contribution is 2.35. The van der Waals surface area contributed by atoms with Gasteiger partial charge in [0.15, 0.2) is 0 Å². The molecule has 0 saturated heterocycles. The second-order valence-electron chi connectivity index (χ2n) is 7.05. The van der Waals surface area contributed by atoms with Gasteiger partial charge in [-0.05, 0) is 67.1 Å². The molecule has 0 bridgehead atoms. The Labute approximate surface area is 172 Å². The molecule has 3 nitrogen and oxygen atoms in total. The Hall–Kier alpha value is -3.77. The summed E-state index contributed by atoms with van der Waals surface area (Å²) in [5.74, 6) is -0.0524. The summed E-state index contributed by atoms with van der Waals surface area (Å²) in [6, 6.07) is 31.6. The van der Waals surface area contributed by atoms with Crippen LogP contribution in [0.25, 0.3) is 0 Å². The van der Waals surface area contributed by atoms with E-state index in [9.17, 15) is 5.26 Å². The van der Waals surface area contributed by atoms with Gasteiger partial charge >= 0.3 is 0 Å². The van der Waals surface area contributed by atoms with Crippen LogP contribution in [0.15, 0.2) is 109 Å². The lowest BCUT2D eigenvalue weighted by Crippen LogP contribution is -2.18. The van der Waals surface area contributed by atoms with E-state index in [1.807, 2.05) is 25.3 Å². The van der Waals surface area contributed by atoms with E-state index in [0.29, 0.717) is 0 Å². The third-order valence-electron chi connectivity index (χ3n) is 5.13. The number of benzene rings is 3. The first-order chi connectivity index (χ1) is 14.3. The van der Waals surface area contributed by atoms with E-state index in [0.717, 1.165) is 34.9 Å². The van der Waals surface area contributed by atoms with E-state index in [1.54, 1.807) is 0 Å². The average molecular weight is 377 g/mol. The maximum atomic E-state index is 9.22. The zero-order valence-corrected chi connectivity index (χ0v) is 16.4. The quantitative estimate of drug-likeness (QED) is 0.503. The Bertz CT molecular complexity index is 1010. The molecule has 3 aromatic rings. The van der Waals surface area contributed by atoms with Crippen molar-refractivity contribution in [2.45, 2.75) is 6.42 Å². The molecule has 1 unspecified atom stereocenters. The van der Waals surface area contributed by atoms with E-state index in [-0.39, 0.29) is 5.92 Å². The molecule has 0 radical (unpaired) electrons. The predicted molar refractivity (Wildman–Crippen MR) is 120 cm³/mol. The van der Waals surface area contributed by atoms with Gasteiger partial charge in [0.25, 0.3) is 0 Å². The molecule has 3 aromatic carbocycles. The number of hydrogen-bond acceptors (Lipinski definition) is 3. The lowest BCUT2D eigenvalue weighted by Gasteiger charge is -2.27. The molecular weight excluding hydrogens is 354 g/mol. The van der Waals surface area contributed by atoms with E-state index in [4.69, 9.17) is 0 Å². The van der Waals surface area contributed by atoms with Gasteiger partial charge < -0.3 is 9.80 Å². The normalized spacial score (nSPS) is 15.3. The fourth-order valence-corrected chi connectivity index (χ4v) is 3.55. The Balaban J connectivity index is 1.66. The first kappa shape index (κ1) is 18.6. The molecule has 142 valence electrons. The summed E-state index contributed by atoms with van der Waals surface area (Å²) in [5, 5.41) is 9.22. The Morgan fingerprint density at radius 2 is 1.28 bits per heavy atom. The van der Waals surface area contributed by atoms with Crippen LogP contribution in [0.4, 0.5) is 22.7 Å². The number of rotatable bonds is 5. The van der Waals surface area contributed by atoms with Crippen LogP contribution in [0.3, 0.4) is 0 Å². The van der Waals surface area contributed by atoms with Crippen molar-refractivity contribution in [3.05, 3.63) is 109 Å². The summed E-state index contributed by atoms with van der Waals surface area (Å²) in [6.45, 7) is 0.